The number of nitrogens with zero attached hydrogens (tertiary/aromatic N) is 4. The summed E-state index contributed by atoms with van der Waals surface area (Å²) in [5, 5.41) is 17.7. The first kappa shape index (κ1) is 16.8. The van der Waals surface area contributed by atoms with E-state index >= 15 is 0 Å². The van der Waals surface area contributed by atoms with Crippen LogP contribution in [0.25, 0.3) is 11.2 Å². The molecule has 1 aliphatic carbocycles. The van der Waals surface area contributed by atoms with E-state index in [1.807, 2.05) is 0 Å². The van der Waals surface area contributed by atoms with Crippen molar-refractivity contribution in [1.82, 2.24) is 25.4 Å². The fraction of sp³-hybridized carbons (Fsp3) is 0.375. The van der Waals surface area contributed by atoms with Gasteiger partial charge in [0, 0.05) is 28.5 Å². The van der Waals surface area contributed by atoms with Crippen molar-refractivity contribution >= 4 is 45.9 Å². The molecule has 2 aromatic heterocycles. The van der Waals surface area contributed by atoms with E-state index in [1.54, 1.807) is 18.2 Å². The van der Waals surface area contributed by atoms with Crippen molar-refractivity contribution in [2.75, 3.05) is 16.4 Å². The molecule has 0 bridgehead atoms. The number of nitrogens with one attached hydrogen (secondary N) is 3. The normalized spacial score (nSPS) is 20.2. The number of nitrogens with two attached hydrogens (primary N) is 2. The monoisotopic (exact) mass is 373 g/mol. The van der Waals surface area contributed by atoms with E-state index in [-0.39, 0.29) is 12.1 Å². The van der Waals surface area contributed by atoms with Gasteiger partial charge in [-0.3, -0.25) is 0 Å². The average Bonchev–Trinajstić information content (AvgIpc) is 3.05. The predicted octanol–water partition coefficient (Wildman–Crippen LogP) is 2.41. The van der Waals surface area contributed by atoms with Gasteiger partial charge in [0.25, 0.3) is 0 Å². The Morgan fingerprint density at radius 3 is 2.81 bits per heavy atom. The first-order chi connectivity index (χ1) is 12.6. The Balaban J connectivity index is 1.66. The molecule has 1 fully saturated rings. The maximum atomic E-state index is 6.22. The molecule has 1 aromatic carbocycles. The van der Waals surface area contributed by atoms with Gasteiger partial charge in [0.05, 0.1) is 0 Å². The topological polar surface area (TPSA) is 143 Å². The number of hydrogen-bond acceptors (Lipinski definition) is 8. The highest BCUT2D eigenvalue weighted by Gasteiger charge is 2.23. The molecule has 26 heavy (non-hydrogen) atoms. The zero-order valence-corrected chi connectivity index (χ0v) is 14.8. The molecule has 2 heterocycles. The second kappa shape index (κ2) is 6.93. The molecule has 0 radical (unpaired) electrons. The van der Waals surface area contributed by atoms with Gasteiger partial charge in [0.2, 0.25) is 5.95 Å². The molecule has 0 spiro atoms. The number of halogens is 1. The van der Waals surface area contributed by atoms with Crippen molar-refractivity contribution in [2.24, 2.45) is 5.73 Å². The zero-order chi connectivity index (χ0) is 18.1. The molecule has 2 unspecified atom stereocenters. The highest BCUT2D eigenvalue weighted by molar-refractivity contribution is 6.31. The summed E-state index contributed by atoms with van der Waals surface area (Å²) in [6.45, 7) is 0. The van der Waals surface area contributed by atoms with Crippen LogP contribution in [0.1, 0.15) is 25.7 Å². The lowest BCUT2D eigenvalue weighted by molar-refractivity contribution is 0.402. The largest absolute Gasteiger partial charge is 0.399 e. The number of benzene rings is 1. The minimum absolute atomic E-state index is 0.0899. The molecular weight excluding hydrogens is 354 g/mol. The molecule has 7 N–H and O–H groups in total. The van der Waals surface area contributed by atoms with Gasteiger partial charge < -0.3 is 22.1 Å². The fourth-order valence-electron chi connectivity index (χ4n) is 3.23. The Labute approximate surface area is 154 Å². The Kier molecular flexibility index (Phi) is 4.48. The molecule has 4 rings (SSSR count). The average molecular weight is 374 g/mol. The van der Waals surface area contributed by atoms with Crippen molar-refractivity contribution in [2.45, 2.75) is 37.8 Å². The van der Waals surface area contributed by atoms with Crippen molar-refractivity contribution < 1.29 is 0 Å². The molecule has 1 saturated carbocycles. The van der Waals surface area contributed by atoms with Crippen LogP contribution in [0.4, 0.5) is 23.1 Å². The number of aromatic amines is 1. The lowest BCUT2D eigenvalue weighted by Gasteiger charge is -2.29. The van der Waals surface area contributed by atoms with Gasteiger partial charge in [-0.25, -0.2) is 5.10 Å². The second-order valence-electron chi connectivity index (χ2n) is 6.50. The summed E-state index contributed by atoms with van der Waals surface area (Å²) in [4.78, 5) is 9.01. The highest BCUT2D eigenvalue weighted by atomic mass is 35.5. The van der Waals surface area contributed by atoms with E-state index in [1.165, 1.54) is 0 Å². The second-order valence-corrected chi connectivity index (χ2v) is 6.94. The van der Waals surface area contributed by atoms with Crippen LogP contribution in [0.15, 0.2) is 18.2 Å². The van der Waals surface area contributed by atoms with Crippen LogP contribution in [0.5, 0.6) is 0 Å². The smallest absolute Gasteiger partial charge is 0.227 e. The third-order valence-corrected chi connectivity index (χ3v) is 4.72. The number of rotatable bonds is 4. The Hall–Kier alpha value is -2.65. The highest BCUT2D eigenvalue weighted by Crippen LogP contribution is 2.27. The van der Waals surface area contributed by atoms with Gasteiger partial charge in [0.15, 0.2) is 17.0 Å². The molecule has 0 aliphatic heterocycles. The molecule has 136 valence electrons. The molecule has 0 amide bonds. The van der Waals surface area contributed by atoms with Crippen LogP contribution < -0.4 is 22.1 Å². The van der Waals surface area contributed by atoms with Crippen LogP contribution in [0.3, 0.4) is 0 Å². The first-order valence-corrected chi connectivity index (χ1v) is 8.90. The van der Waals surface area contributed by atoms with E-state index in [2.05, 4.69) is 36.0 Å². The molecular formula is C16H20ClN9. The summed E-state index contributed by atoms with van der Waals surface area (Å²) in [6.07, 6.45) is 4.30. The maximum Gasteiger partial charge on any atom is 0.227 e. The molecule has 9 nitrogen and oxygen atoms in total. The van der Waals surface area contributed by atoms with Gasteiger partial charge in [-0.1, -0.05) is 29.7 Å². The standard InChI is InChI=1S/C16H20ClN9/c17-8-5-9(18)7-10(6-8)20-14-13-15(25-26-24-13)23-16(22-14)21-12-4-2-1-3-11(12)19/h5-7,11-12H,1-4,18-19H2,(H3,20,21,22,23,24,25,26). The third-order valence-electron chi connectivity index (χ3n) is 4.51. The molecule has 1 aliphatic rings. The summed E-state index contributed by atoms with van der Waals surface area (Å²) in [6, 6.07) is 5.44. The summed E-state index contributed by atoms with van der Waals surface area (Å²) >= 11 is 6.08. The molecule has 10 heteroatoms. The maximum absolute atomic E-state index is 6.22. The SMILES string of the molecule is Nc1cc(Cl)cc(Nc2nc(NC3CCCCC3N)nc3[nH]nnc23)c1. The van der Waals surface area contributed by atoms with Crippen molar-refractivity contribution in [1.29, 1.82) is 0 Å². The number of hydrogen-bond donors (Lipinski definition) is 5. The van der Waals surface area contributed by atoms with Gasteiger partial charge in [-0.05, 0) is 31.0 Å². The number of anilines is 4. The first-order valence-electron chi connectivity index (χ1n) is 8.52. The van der Waals surface area contributed by atoms with Crippen LogP contribution >= 0.6 is 11.6 Å². The Morgan fingerprint density at radius 1 is 1.15 bits per heavy atom. The van der Waals surface area contributed by atoms with E-state index in [4.69, 9.17) is 23.1 Å². The van der Waals surface area contributed by atoms with E-state index in [0.717, 1.165) is 25.7 Å². The molecule has 0 saturated heterocycles. The fourth-order valence-corrected chi connectivity index (χ4v) is 3.47. The number of aromatic nitrogens is 5. The van der Waals surface area contributed by atoms with E-state index < -0.39 is 0 Å². The minimum atomic E-state index is 0.0899. The summed E-state index contributed by atoms with van der Waals surface area (Å²) in [5.74, 6) is 0.987. The van der Waals surface area contributed by atoms with Crippen molar-refractivity contribution in [3.8, 4) is 0 Å². The van der Waals surface area contributed by atoms with E-state index in [9.17, 15) is 0 Å². The van der Waals surface area contributed by atoms with Gasteiger partial charge in [0.1, 0.15) is 0 Å². The van der Waals surface area contributed by atoms with E-state index in [0.29, 0.717) is 39.3 Å². The quantitative estimate of drug-likeness (QED) is 0.438. The van der Waals surface area contributed by atoms with Crippen LogP contribution in [-0.2, 0) is 0 Å². The predicted molar refractivity (Wildman–Crippen MR) is 102 cm³/mol. The number of H-pyrrole nitrogens is 1. The van der Waals surface area contributed by atoms with Gasteiger partial charge >= 0.3 is 0 Å². The molecule has 3 aromatic rings. The lowest BCUT2D eigenvalue weighted by atomic mass is 9.91. The Bertz CT molecular complexity index is 905. The third kappa shape index (κ3) is 3.49. The van der Waals surface area contributed by atoms with Crippen molar-refractivity contribution in [3.05, 3.63) is 23.2 Å². The Morgan fingerprint density at radius 2 is 2.00 bits per heavy atom. The van der Waals surface area contributed by atoms with Crippen LogP contribution in [-0.4, -0.2) is 37.5 Å². The number of fused-ring (bicyclic) bond motifs is 1. The van der Waals surface area contributed by atoms with Gasteiger partial charge in [-0.15, -0.1) is 5.10 Å². The van der Waals surface area contributed by atoms with Crippen molar-refractivity contribution in [3.63, 3.8) is 0 Å². The summed E-state index contributed by atoms with van der Waals surface area (Å²) in [7, 11) is 0. The summed E-state index contributed by atoms with van der Waals surface area (Å²) < 4.78 is 0. The van der Waals surface area contributed by atoms with Crippen LogP contribution in [0, 0.1) is 0 Å². The summed E-state index contributed by atoms with van der Waals surface area (Å²) in [5.41, 5.74) is 14.4. The lowest BCUT2D eigenvalue weighted by Crippen LogP contribution is -2.43. The zero-order valence-electron chi connectivity index (χ0n) is 14.0. The van der Waals surface area contributed by atoms with Gasteiger partial charge in [-0.2, -0.15) is 9.97 Å². The van der Waals surface area contributed by atoms with Crippen LogP contribution in [0.2, 0.25) is 5.02 Å². The molecule has 2 atom stereocenters. The number of nitrogen functional groups attached to an aromatic ring is 1. The minimum Gasteiger partial charge on any atom is -0.399 e.